The Labute approximate surface area is 111 Å². The second-order valence-electron chi connectivity index (χ2n) is 3.23. The molecule has 1 heterocycles. The van der Waals surface area contributed by atoms with Gasteiger partial charge >= 0.3 is 0 Å². The van der Waals surface area contributed by atoms with Gasteiger partial charge in [-0.25, -0.2) is 0 Å². The fraction of sp³-hybridized carbons (Fsp3) is 0.200. The molecule has 1 aromatic carbocycles. The summed E-state index contributed by atoms with van der Waals surface area (Å²) >= 11 is 4.71. The van der Waals surface area contributed by atoms with Crippen LogP contribution in [0.25, 0.3) is 0 Å². The number of phenolic OH excluding ortho intramolecular Hbond substituents is 1. The van der Waals surface area contributed by atoms with Crippen molar-refractivity contribution in [2.24, 2.45) is 0 Å². The maximum absolute atomic E-state index is 9.66. The van der Waals surface area contributed by atoms with Gasteiger partial charge in [0.25, 0.3) is 0 Å². The van der Waals surface area contributed by atoms with E-state index >= 15 is 0 Å². The van der Waals surface area contributed by atoms with E-state index in [1.54, 1.807) is 11.6 Å². The van der Waals surface area contributed by atoms with Crippen LogP contribution in [0, 0.1) is 0 Å². The average molecular weight is 316 g/mol. The summed E-state index contributed by atoms with van der Waals surface area (Å²) in [5, 5.41) is 21.2. The van der Waals surface area contributed by atoms with Crippen LogP contribution in [0.15, 0.2) is 22.1 Å². The van der Waals surface area contributed by atoms with Crippen molar-refractivity contribution < 1.29 is 9.84 Å². The van der Waals surface area contributed by atoms with E-state index in [1.807, 2.05) is 6.07 Å². The SMILES string of the molecule is COc1cc(CNc2nncs2)cc(Br)c1O. The van der Waals surface area contributed by atoms with Crippen molar-refractivity contribution in [3.05, 3.63) is 27.7 Å². The predicted molar refractivity (Wildman–Crippen MR) is 69.6 cm³/mol. The molecule has 17 heavy (non-hydrogen) atoms. The molecule has 0 radical (unpaired) electrons. The minimum absolute atomic E-state index is 0.104. The fourth-order valence-electron chi connectivity index (χ4n) is 1.31. The Morgan fingerprint density at radius 1 is 1.53 bits per heavy atom. The van der Waals surface area contributed by atoms with Gasteiger partial charge < -0.3 is 15.2 Å². The van der Waals surface area contributed by atoms with Crippen LogP contribution in [-0.2, 0) is 6.54 Å². The molecule has 0 atom stereocenters. The summed E-state index contributed by atoms with van der Waals surface area (Å²) in [5.74, 6) is 0.542. The Morgan fingerprint density at radius 3 is 3.00 bits per heavy atom. The molecule has 2 aromatic rings. The minimum atomic E-state index is 0.104. The average Bonchev–Trinajstić information content (AvgIpc) is 2.83. The van der Waals surface area contributed by atoms with E-state index in [1.165, 1.54) is 18.4 Å². The summed E-state index contributed by atoms with van der Waals surface area (Å²) in [7, 11) is 1.52. The molecule has 0 unspecified atom stereocenters. The van der Waals surface area contributed by atoms with Crippen molar-refractivity contribution in [1.82, 2.24) is 10.2 Å². The van der Waals surface area contributed by atoms with Crippen LogP contribution >= 0.6 is 27.3 Å². The van der Waals surface area contributed by atoms with Crippen molar-refractivity contribution in [2.75, 3.05) is 12.4 Å². The van der Waals surface area contributed by atoms with E-state index < -0.39 is 0 Å². The number of methoxy groups -OCH3 is 1. The number of rotatable bonds is 4. The third kappa shape index (κ3) is 2.86. The van der Waals surface area contributed by atoms with Gasteiger partial charge in [0.05, 0.1) is 11.6 Å². The lowest BCUT2D eigenvalue weighted by atomic mass is 10.2. The number of hydrogen-bond donors (Lipinski definition) is 2. The van der Waals surface area contributed by atoms with Crippen molar-refractivity contribution in [3.8, 4) is 11.5 Å². The van der Waals surface area contributed by atoms with Gasteiger partial charge in [0, 0.05) is 6.54 Å². The van der Waals surface area contributed by atoms with Gasteiger partial charge in [-0.2, -0.15) is 0 Å². The largest absolute Gasteiger partial charge is 0.503 e. The van der Waals surface area contributed by atoms with Crippen LogP contribution in [-0.4, -0.2) is 22.4 Å². The molecule has 0 aliphatic carbocycles. The van der Waals surface area contributed by atoms with E-state index in [-0.39, 0.29) is 5.75 Å². The smallest absolute Gasteiger partial charge is 0.205 e. The van der Waals surface area contributed by atoms with Gasteiger partial charge in [-0.3, -0.25) is 0 Å². The number of ether oxygens (including phenoxy) is 1. The van der Waals surface area contributed by atoms with Crippen LogP contribution in [0.4, 0.5) is 5.13 Å². The lowest BCUT2D eigenvalue weighted by Gasteiger charge is -2.09. The highest BCUT2D eigenvalue weighted by Crippen LogP contribution is 2.35. The highest BCUT2D eigenvalue weighted by Gasteiger charge is 2.08. The van der Waals surface area contributed by atoms with Gasteiger partial charge in [0.15, 0.2) is 11.5 Å². The van der Waals surface area contributed by atoms with E-state index in [2.05, 4.69) is 31.4 Å². The quantitative estimate of drug-likeness (QED) is 0.907. The molecule has 2 N–H and O–H groups in total. The lowest BCUT2D eigenvalue weighted by Crippen LogP contribution is -1.99. The highest BCUT2D eigenvalue weighted by molar-refractivity contribution is 9.10. The van der Waals surface area contributed by atoms with Gasteiger partial charge in [0.1, 0.15) is 5.51 Å². The maximum Gasteiger partial charge on any atom is 0.205 e. The molecule has 2 rings (SSSR count). The van der Waals surface area contributed by atoms with E-state index in [0.29, 0.717) is 16.8 Å². The summed E-state index contributed by atoms with van der Waals surface area (Å²) < 4.78 is 5.67. The monoisotopic (exact) mass is 315 g/mol. The molecular formula is C10H10BrN3O2S. The number of aromatic hydroxyl groups is 1. The van der Waals surface area contributed by atoms with Crippen molar-refractivity contribution in [2.45, 2.75) is 6.54 Å². The second kappa shape index (κ2) is 5.33. The normalized spacial score (nSPS) is 10.2. The number of phenols is 1. The summed E-state index contributed by atoms with van der Waals surface area (Å²) in [6.07, 6.45) is 0. The zero-order valence-corrected chi connectivity index (χ0v) is 11.4. The Bertz CT molecular complexity index is 505. The number of benzene rings is 1. The number of aromatic nitrogens is 2. The van der Waals surface area contributed by atoms with Crippen LogP contribution in [0.2, 0.25) is 0 Å². The molecule has 0 bridgehead atoms. The third-order valence-electron chi connectivity index (χ3n) is 2.11. The highest BCUT2D eigenvalue weighted by atomic mass is 79.9. The molecule has 0 aliphatic heterocycles. The summed E-state index contributed by atoms with van der Waals surface area (Å²) in [6, 6.07) is 3.60. The van der Waals surface area contributed by atoms with Crippen LogP contribution in [0.5, 0.6) is 11.5 Å². The Kier molecular flexibility index (Phi) is 3.80. The van der Waals surface area contributed by atoms with E-state index in [9.17, 15) is 5.11 Å². The number of nitrogens with zero attached hydrogens (tertiary/aromatic N) is 2. The van der Waals surface area contributed by atoms with Crippen molar-refractivity contribution in [3.63, 3.8) is 0 Å². The van der Waals surface area contributed by atoms with Crippen molar-refractivity contribution in [1.29, 1.82) is 0 Å². The van der Waals surface area contributed by atoms with E-state index in [4.69, 9.17) is 4.74 Å². The minimum Gasteiger partial charge on any atom is -0.503 e. The first-order valence-electron chi connectivity index (χ1n) is 4.76. The second-order valence-corrected chi connectivity index (χ2v) is 4.91. The first-order chi connectivity index (χ1) is 8.20. The molecule has 90 valence electrons. The molecular weight excluding hydrogens is 306 g/mol. The molecule has 0 fully saturated rings. The van der Waals surface area contributed by atoms with Gasteiger partial charge in [-0.1, -0.05) is 11.3 Å². The number of halogens is 1. The Balaban J connectivity index is 2.13. The first-order valence-corrected chi connectivity index (χ1v) is 6.43. The molecule has 1 aromatic heterocycles. The Morgan fingerprint density at radius 2 is 2.35 bits per heavy atom. The summed E-state index contributed by atoms with van der Waals surface area (Å²) in [6.45, 7) is 0.588. The van der Waals surface area contributed by atoms with Gasteiger partial charge in [-0.05, 0) is 33.6 Å². The van der Waals surface area contributed by atoms with Gasteiger partial charge in [-0.15, -0.1) is 10.2 Å². The molecule has 0 amide bonds. The lowest BCUT2D eigenvalue weighted by molar-refractivity contribution is 0.371. The standard InChI is InChI=1S/C10H10BrN3O2S/c1-16-8-3-6(2-7(11)9(8)15)4-12-10-14-13-5-17-10/h2-3,5,15H,4H2,1H3,(H,12,14). The van der Waals surface area contributed by atoms with E-state index in [0.717, 1.165) is 10.7 Å². The molecule has 0 saturated carbocycles. The van der Waals surface area contributed by atoms with Crippen LogP contribution in [0.3, 0.4) is 0 Å². The molecule has 0 aliphatic rings. The molecule has 7 heteroatoms. The number of anilines is 1. The zero-order valence-electron chi connectivity index (χ0n) is 8.98. The van der Waals surface area contributed by atoms with Crippen LogP contribution in [0.1, 0.15) is 5.56 Å². The van der Waals surface area contributed by atoms with Crippen molar-refractivity contribution >= 4 is 32.4 Å². The van der Waals surface area contributed by atoms with Gasteiger partial charge in [0.2, 0.25) is 5.13 Å². The van der Waals surface area contributed by atoms with Crippen LogP contribution < -0.4 is 10.1 Å². The molecule has 0 saturated heterocycles. The molecule has 5 nitrogen and oxygen atoms in total. The maximum atomic E-state index is 9.66. The zero-order chi connectivity index (χ0) is 12.3. The third-order valence-corrected chi connectivity index (χ3v) is 3.37. The number of nitrogens with one attached hydrogen (secondary N) is 1. The Hall–Kier alpha value is -1.34. The fourth-order valence-corrected chi connectivity index (χ4v) is 2.25. The predicted octanol–water partition coefficient (Wildman–Crippen LogP) is 2.63. The summed E-state index contributed by atoms with van der Waals surface area (Å²) in [5.41, 5.74) is 2.64. The topological polar surface area (TPSA) is 67.3 Å². The summed E-state index contributed by atoms with van der Waals surface area (Å²) in [4.78, 5) is 0. The number of hydrogen-bond acceptors (Lipinski definition) is 6. The first kappa shape index (κ1) is 12.1. The molecule has 0 spiro atoms.